The van der Waals surface area contributed by atoms with E-state index >= 15 is 0 Å². The Morgan fingerprint density at radius 2 is 2.05 bits per heavy atom. The van der Waals surface area contributed by atoms with Crippen LogP contribution < -0.4 is 5.32 Å². The number of carboxylic acids is 1. The number of carbonyl (C=O) groups excluding carboxylic acids is 1. The average molecular weight is 274 g/mol. The van der Waals surface area contributed by atoms with Crippen molar-refractivity contribution in [3.63, 3.8) is 0 Å². The lowest BCUT2D eigenvalue weighted by Gasteiger charge is -2.12. The van der Waals surface area contributed by atoms with E-state index in [1.807, 2.05) is 0 Å². The number of hydrogen-bond donors (Lipinski definition) is 2. The molecule has 1 aromatic rings. The van der Waals surface area contributed by atoms with Gasteiger partial charge in [0.25, 0.3) is 5.91 Å². The molecule has 0 radical (unpaired) electrons. The van der Waals surface area contributed by atoms with Crippen molar-refractivity contribution in [3.8, 4) is 0 Å². The molecule has 0 saturated heterocycles. The van der Waals surface area contributed by atoms with E-state index in [1.165, 1.54) is 36.6 Å². The fourth-order valence-corrected chi connectivity index (χ4v) is 2.24. The van der Waals surface area contributed by atoms with Crippen molar-refractivity contribution >= 4 is 11.9 Å². The number of amides is 1. The van der Waals surface area contributed by atoms with Crippen molar-refractivity contribution in [1.29, 1.82) is 0 Å². The van der Waals surface area contributed by atoms with Gasteiger partial charge in [-0.2, -0.15) is 0 Å². The molecule has 2 N–H and O–H groups in total. The van der Waals surface area contributed by atoms with Gasteiger partial charge in [-0.15, -0.1) is 0 Å². The van der Waals surface area contributed by atoms with E-state index in [1.54, 1.807) is 0 Å². The van der Waals surface area contributed by atoms with Gasteiger partial charge in [0, 0.05) is 6.54 Å². The zero-order chi connectivity index (χ0) is 14.4. The maximum Gasteiger partial charge on any atom is 0.354 e. The lowest BCUT2D eigenvalue weighted by atomic mass is 9.97. The molecule has 0 saturated carbocycles. The first-order chi connectivity index (χ1) is 9.66. The summed E-state index contributed by atoms with van der Waals surface area (Å²) in [6, 6.07) is 4.41. The smallest absolute Gasteiger partial charge is 0.354 e. The van der Waals surface area contributed by atoms with Crippen LogP contribution >= 0.6 is 0 Å². The number of carbonyl (C=O) groups is 2. The summed E-state index contributed by atoms with van der Waals surface area (Å²) >= 11 is 0. The van der Waals surface area contributed by atoms with Crippen LogP contribution in [-0.2, 0) is 0 Å². The molecule has 1 aliphatic carbocycles. The minimum Gasteiger partial charge on any atom is -0.477 e. The molecule has 0 aromatic carbocycles. The van der Waals surface area contributed by atoms with E-state index in [0.717, 1.165) is 19.3 Å². The molecular formula is C15H18N2O3. The van der Waals surface area contributed by atoms with Crippen LogP contribution in [0, 0.1) is 0 Å². The largest absolute Gasteiger partial charge is 0.477 e. The van der Waals surface area contributed by atoms with E-state index in [-0.39, 0.29) is 17.3 Å². The normalized spacial score (nSPS) is 14.5. The van der Waals surface area contributed by atoms with Crippen molar-refractivity contribution in [1.82, 2.24) is 10.3 Å². The number of nitrogens with one attached hydrogen (secondary N) is 1. The Kier molecular flexibility index (Phi) is 4.87. The zero-order valence-electron chi connectivity index (χ0n) is 11.3. The molecule has 5 heteroatoms. The molecule has 0 unspecified atom stereocenters. The van der Waals surface area contributed by atoms with Gasteiger partial charge in [-0.25, -0.2) is 9.78 Å². The number of hydrogen-bond acceptors (Lipinski definition) is 3. The third-order valence-electron chi connectivity index (χ3n) is 3.32. The van der Waals surface area contributed by atoms with Gasteiger partial charge in [0.1, 0.15) is 11.4 Å². The Hall–Kier alpha value is -2.17. The molecule has 0 spiro atoms. The van der Waals surface area contributed by atoms with E-state index < -0.39 is 5.97 Å². The molecule has 1 amide bonds. The van der Waals surface area contributed by atoms with E-state index in [0.29, 0.717) is 6.54 Å². The highest BCUT2D eigenvalue weighted by Gasteiger charge is 2.11. The van der Waals surface area contributed by atoms with E-state index in [9.17, 15) is 9.59 Å². The molecule has 20 heavy (non-hydrogen) atoms. The highest BCUT2D eigenvalue weighted by molar-refractivity contribution is 5.94. The maximum atomic E-state index is 11.9. The van der Waals surface area contributed by atoms with Gasteiger partial charge < -0.3 is 10.4 Å². The second-order valence-electron chi connectivity index (χ2n) is 4.83. The zero-order valence-corrected chi connectivity index (χ0v) is 11.3. The number of pyridine rings is 1. The first kappa shape index (κ1) is 14.2. The molecule has 0 aliphatic heterocycles. The van der Waals surface area contributed by atoms with Crippen LogP contribution in [0.25, 0.3) is 0 Å². The standard InChI is InChI=1S/C15H18N2O3/c18-14(12-7-4-8-13(17-12)15(19)20)16-10-9-11-5-2-1-3-6-11/h4-5,7-8H,1-3,6,9-10H2,(H,16,18)(H,19,20). The number of aromatic nitrogens is 1. The SMILES string of the molecule is O=C(O)c1cccc(C(=O)NCCC2=CCCCC2)n1. The van der Waals surface area contributed by atoms with E-state index in [2.05, 4.69) is 16.4 Å². The summed E-state index contributed by atoms with van der Waals surface area (Å²) in [5, 5.41) is 11.6. The number of aromatic carboxylic acids is 1. The summed E-state index contributed by atoms with van der Waals surface area (Å²) in [6.45, 7) is 0.559. The lowest BCUT2D eigenvalue weighted by Crippen LogP contribution is -2.26. The summed E-state index contributed by atoms with van der Waals surface area (Å²) < 4.78 is 0. The molecule has 1 aromatic heterocycles. The Morgan fingerprint density at radius 1 is 1.25 bits per heavy atom. The van der Waals surface area contributed by atoms with Gasteiger partial charge in [-0.3, -0.25) is 4.79 Å². The molecule has 1 aliphatic rings. The van der Waals surface area contributed by atoms with Crippen LogP contribution in [0.1, 0.15) is 53.1 Å². The minimum absolute atomic E-state index is 0.118. The summed E-state index contributed by atoms with van der Waals surface area (Å²) in [5.41, 5.74) is 1.42. The number of carboxylic acid groups (broad SMARTS) is 1. The fraction of sp³-hybridized carbons (Fsp3) is 0.400. The van der Waals surface area contributed by atoms with Gasteiger partial charge in [-0.1, -0.05) is 17.7 Å². The molecule has 1 heterocycles. The van der Waals surface area contributed by atoms with Gasteiger partial charge in [-0.05, 0) is 44.2 Å². The monoisotopic (exact) mass is 274 g/mol. The van der Waals surface area contributed by atoms with Crippen LogP contribution in [-0.4, -0.2) is 28.5 Å². The summed E-state index contributed by atoms with van der Waals surface area (Å²) in [7, 11) is 0. The lowest BCUT2D eigenvalue weighted by molar-refractivity contribution is 0.0690. The minimum atomic E-state index is -1.13. The molecule has 0 atom stereocenters. The molecule has 0 fully saturated rings. The Morgan fingerprint density at radius 3 is 2.75 bits per heavy atom. The quantitative estimate of drug-likeness (QED) is 0.808. The Bertz CT molecular complexity index is 538. The van der Waals surface area contributed by atoms with Crippen molar-refractivity contribution < 1.29 is 14.7 Å². The fourth-order valence-electron chi connectivity index (χ4n) is 2.24. The van der Waals surface area contributed by atoms with Gasteiger partial charge in [0.15, 0.2) is 0 Å². The highest BCUT2D eigenvalue weighted by atomic mass is 16.4. The Labute approximate surface area is 117 Å². The maximum absolute atomic E-state index is 11.9. The van der Waals surface area contributed by atoms with Gasteiger partial charge in [0.05, 0.1) is 0 Å². The third kappa shape index (κ3) is 3.91. The van der Waals surface area contributed by atoms with Crippen molar-refractivity contribution in [2.75, 3.05) is 6.54 Å². The number of nitrogens with zero attached hydrogens (tertiary/aromatic N) is 1. The summed E-state index contributed by atoms with van der Waals surface area (Å²) in [6.07, 6.45) is 7.82. The highest BCUT2D eigenvalue weighted by Crippen LogP contribution is 2.19. The van der Waals surface area contributed by atoms with Crippen molar-refractivity contribution in [2.24, 2.45) is 0 Å². The van der Waals surface area contributed by atoms with Gasteiger partial charge >= 0.3 is 5.97 Å². The predicted molar refractivity (Wildman–Crippen MR) is 74.7 cm³/mol. The predicted octanol–water partition coefficient (Wildman–Crippen LogP) is 2.40. The van der Waals surface area contributed by atoms with Crippen molar-refractivity contribution in [2.45, 2.75) is 32.1 Å². The van der Waals surface area contributed by atoms with E-state index in [4.69, 9.17) is 5.11 Å². The molecule has 5 nitrogen and oxygen atoms in total. The molecule has 0 bridgehead atoms. The van der Waals surface area contributed by atoms with Crippen LogP contribution in [0.4, 0.5) is 0 Å². The molecule has 2 rings (SSSR count). The van der Waals surface area contributed by atoms with Gasteiger partial charge in [0.2, 0.25) is 0 Å². The van der Waals surface area contributed by atoms with Crippen LogP contribution in [0.2, 0.25) is 0 Å². The second kappa shape index (κ2) is 6.84. The average Bonchev–Trinajstić information content (AvgIpc) is 2.48. The first-order valence-corrected chi connectivity index (χ1v) is 6.83. The number of rotatable bonds is 5. The Balaban J connectivity index is 1.86. The van der Waals surface area contributed by atoms with Crippen LogP contribution in [0.15, 0.2) is 29.8 Å². The topological polar surface area (TPSA) is 79.3 Å². The first-order valence-electron chi connectivity index (χ1n) is 6.83. The van der Waals surface area contributed by atoms with Crippen molar-refractivity contribution in [3.05, 3.63) is 41.2 Å². The second-order valence-corrected chi connectivity index (χ2v) is 4.83. The summed E-state index contributed by atoms with van der Waals surface area (Å²) in [5.74, 6) is -1.46. The van der Waals surface area contributed by atoms with Crippen LogP contribution in [0.5, 0.6) is 0 Å². The number of allylic oxidation sites excluding steroid dienone is 1. The summed E-state index contributed by atoms with van der Waals surface area (Å²) in [4.78, 5) is 26.5. The third-order valence-corrected chi connectivity index (χ3v) is 3.32. The molecular weight excluding hydrogens is 256 g/mol. The van der Waals surface area contributed by atoms with Crippen LogP contribution in [0.3, 0.4) is 0 Å². The molecule has 106 valence electrons.